The maximum absolute atomic E-state index is 10.6. The molecule has 2 aliphatic heterocycles. The zero-order chi connectivity index (χ0) is 8.60. The average molecular weight is 168 g/mol. The lowest BCUT2D eigenvalue weighted by Gasteiger charge is -2.21. The van der Waals surface area contributed by atoms with E-state index in [0.29, 0.717) is 0 Å². The minimum Gasteiger partial charge on any atom is -0.425 e. The first-order valence-corrected chi connectivity index (χ1v) is 3.20. The molecule has 12 heavy (non-hydrogen) atoms. The van der Waals surface area contributed by atoms with Crippen molar-refractivity contribution in [2.75, 3.05) is 0 Å². The monoisotopic (exact) mass is 168 g/mol. The highest BCUT2D eigenvalue weighted by atomic mass is 16.9. The van der Waals surface area contributed by atoms with Gasteiger partial charge in [0.15, 0.2) is 0 Å². The second kappa shape index (κ2) is 2.10. The van der Waals surface area contributed by atoms with Crippen molar-refractivity contribution in [3.8, 4) is 0 Å². The molecule has 1 fully saturated rings. The fourth-order valence-corrected chi connectivity index (χ4v) is 0.871. The van der Waals surface area contributed by atoms with Gasteiger partial charge in [-0.05, 0) is 6.08 Å². The van der Waals surface area contributed by atoms with Gasteiger partial charge >= 0.3 is 17.9 Å². The molecule has 0 atom stereocenters. The lowest BCUT2D eigenvalue weighted by atomic mass is 10.4. The number of esters is 2. The van der Waals surface area contributed by atoms with E-state index in [-0.39, 0.29) is 0 Å². The van der Waals surface area contributed by atoms with Crippen molar-refractivity contribution in [1.82, 2.24) is 0 Å². The molecule has 2 aliphatic rings. The van der Waals surface area contributed by atoms with Crippen LogP contribution in [0.25, 0.3) is 0 Å². The highest BCUT2D eigenvalue weighted by Crippen LogP contribution is 2.26. The lowest BCUT2D eigenvalue weighted by Crippen LogP contribution is -2.30. The van der Waals surface area contributed by atoms with E-state index in [1.54, 1.807) is 12.2 Å². The molecule has 0 radical (unpaired) electrons. The molecule has 2 heterocycles. The molecular formula is C7H4O5. The number of hydrogen-bond acceptors (Lipinski definition) is 5. The number of carbonyl (C=O) groups excluding carboxylic acids is 2. The summed E-state index contributed by atoms with van der Waals surface area (Å²) in [5.41, 5.74) is 0. The normalized spacial score (nSPS) is 23.7. The van der Waals surface area contributed by atoms with Crippen LogP contribution in [0.5, 0.6) is 0 Å². The molecule has 0 aliphatic carbocycles. The molecule has 1 saturated heterocycles. The van der Waals surface area contributed by atoms with Gasteiger partial charge in [0, 0.05) is 6.08 Å². The quantitative estimate of drug-likeness (QED) is 0.371. The van der Waals surface area contributed by atoms with Crippen LogP contribution in [0.15, 0.2) is 24.5 Å². The zero-order valence-corrected chi connectivity index (χ0v) is 5.85. The van der Waals surface area contributed by atoms with Gasteiger partial charge in [0.25, 0.3) is 0 Å². The van der Waals surface area contributed by atoms with Crippen molar-refractivity contribution in [2.24, 2.45) is 0 Å². The van der Waals surface area contributed by atoms with Crippen LogP contribution in [-0.4, -0.2) is 17.9 Å². The fourth-order valence-electron chi connectivity index (χ4n) is 0.871. The molecule has 0 bridgehead atoms. The van der Waals surface area contributed by atoms with Crippen molar-refractivity contribution >= 4 is 11.9 Å². The van der Waals surface area contributed by atoms with Crippen LogP contribution >= 0.6 is 0 Å². The van der Waals surface area contributed by atoms with Crippen LogP contribution in [-0.2, 0) is 23.8 Å². The Morgan fingerprint density at radius 3 is 2.25 bits per heavy atom. The van der Waals surface area contributed by atoms with E-state index in [2.05, 4.69) is 9.47 Å². The second-order valence-electron chi connectivity index (χ2n) is 2.19. The summed E-state index contributed by atoms with van der Waals surface area (Å²) in [6.45, 7) is 0. The van der Waals surface area contributed by atoms with E-state index in [4.69, 9.17) is 4.74 Å². The molecule has 0 aromatic rings. The first-order chi connectivity index (χ1) is 5.72. The standard InChI is InChI=1S/C7H4O5/c8-5-6(9)12-7(11-5)3-1-2-4-10-7/h1-4H. The lowest BCUT2D eigenvalue weighted by molar-refractivity contribution is -0.262. The minimum absolute atomic E-state index is 1.05. The molecule has 0 N–H and O–H groups in total. The summed E-state index contributed by atoms with van der Waals surface area (Å²) in [7, 11) is 0. The van der Waals surface area contributed by atoms with Gasteiger partial charge in [-0.2, -0.15) is 0 Å². The summed E-state index contributed by atoms with van der Waals surface area (Å²) in [4.78, 5) is 21.2. The molecule has 2 rings (SSSR count). The molecule has 0 aromatic heterocycles. The minimum atomic E-state index is -1.65. The smallest absolute Gasteiger partial charge is 0.425 e. The maximum atomic E-state index is 10.6. The molecule has 5 nitrogen and oxygen atoms in total. The maximum Gasteiger partial charge on any atom is 0.444 e. The van der Waals surface area contributed by atoms with Crippen molar-refractivity contribution in [3.63, 3.8) is 0 Å². The van der Waals surface area contributed by atoms with E-state index in [1.165, 1.54) is 12.3 Å². The van der Waals surface area contributed by atoms with E-state index in [9.17, 15) is 9.59 Å². The average Bonchev–Trinajstić information content (AvgIpc) is 2.29. The van der Waals surface area contributed by atoms with Crippen LogP contribution in [0, 0.1) is 0 Å². The van der Waals surface area contributed by atoms with Crippen LogP contribution in [0.3, 0.4) is 0 Å². The summed E-state index contributed by atoms with van der Waals surface area (Å²) in [5.74, 6) is -3.74. The molecule has 0 aromatic carbocycles. The first kappa shape index (κ1) is 6.90. The van der Waals surface area contributed by atoms with Crippen LogP contribution < -0.4 is 0 Å². The largest absolute Gasteiger partial charge is 0.444 e. The van der Waals surface area contributed by atoms with E-state index < -0.39 is 17.9 Å². The Kier molecular flexibility index (Phi) is 1.21. The molecule has 1 spiro atoms. The van der Waals surface area contributed by atoms with Gasteiger partial charge in [-0.15, -0.1) is 0 Å². The predicted octanol–water partition coefficient (Wildman–Crippen LogP) is -0.160. The molecule has 5 heteroatoms. The third-order valence-electron chi connectivity index (χ3n) is 1.36. The van der Waals surface area contributed by atoms with Crippen molar-refractivity contribution in [1.29, 1.82) is 0 Å². The van der Waals surface area contributed by atoms with Crippen LogP contribution in [0.1, 0.15) is 0 Å². The van der Waals surface area contributed by atoms with Crippen molar-refractivity contribution in [2.45, 2.75) is 5.97 Å². The number of carbonyl (C=O) groups is 2. The van der Waals surface area contributed by atoms with Gasteiger partial charge in [-0.1, -0.05) is 6.08 Å². The van der Waals surface area contributed by atoms with E-state index in [0.717, 1.165) is 0 Å². The van der Waals surface area contributed by atoms with Gasteiger partial charge in [0.2, 0.25) is 0 Å². The summed E-state index contributed by atoms with van der Waals surface area (Å²) in [6, 6.07) is 0. The predicted molar refractivity (Wildman–Crippen MR) is 34.3 cm³/mol. The highest BCUT2D eigenvalue weighted by Gasteiger charge is 2.49. The van der Waals surface area contributed by atoms with Crippen molar-refractivity contribution in [3.05, 3.63) is 24.5 Å². The molecular weight excluding hydrogens is 164 g/mol. The second-order valence-corrected chi connectivity index (χ2v) is 2.19. The Morgan fingerprint density at radius 1 is 1.08 bits per heavy atom. The van der Waals surface area contributed by atoms with E-state index in [1.807, 2.05) is 0 Å². The van der Waals surface area contributed by atoms with E-state index >= 15 is 0 Å². The molecule has 62 valence electrons. The Morgan fingerprint density at radius 2 is 1.75 bits per heavy atom. The van der Waals surface area contributed by atoms with Crippen LogP contribution in [0.2, 0.25) is 0 Å². The Labute approximate surface area is 67.2 Å². The highest BCUT2D eigenvalue weighted by molar-refractivity contribution is 6.31. The Balaban J connectivity index is 2.25. The zero-order valence-electron chi connectivity index (χ0n) is 5.85. The number of ether oxygens (including phenoxy) is 3. The van der Waals surface area contributed by atoms with Crippen molar-refractivity contribution < 1.29 is 23.8 Å². The summed E-state index contributed by atoms with van der Waals surface area (Å²) in [5, 5.41) is 0. The first-order valence-electron chi connectivity index (χ1n) is 3.20. The van der Waals surface area contributed by atoms with Gasteiger partial charge in [0.1, 0.15) is 0 Å². The SMILES string of the molecule is O=C1OC2(C=CC=CO2)OC1=O. The number of allylic oxidation sites excluding steroid dienone is 2. The number of hydrogen-bond donors (Lipinski definition) is 0. The summed E-state index contributed by atoms with van der Waals surface area (Å²) >= 11 is 0. The van der Waals surface area contributed by atoms with Gasteiger partial charge in [0.05, 0.1) is 6.26 Å². The van der Waals surface area contributed by atoms with Gasteiger partial charge in [-0.25, -0.2) is 9.59 Å². The van der Waals surface area contributed by atoms with Crippen LogP contribution in [0.4, 0.5) is 0 Å². The molecule has 0 saturated carbocycles. The Hall–Kier alpha value is -1.78. The molecule has 0 amide bonds. The summed E-state index contributed by atoms with van der Waals surface area (Å²) in [6.07, 6.45) is 5.72. The molecule has 0 unspecified atom stereocenters. The topological polar surface area (TPSA) is 61.8 Å². The summed E-state index contributed by atoms with van der Waals surface area (Å²) < 4.78 is 13.9. The van der Waals surface area contributed by atoms with Gasteiger partial charge < -0.3 is 14.2 Å². The third kappa shape index (κ3) is 0.868. The van der Waals surface area contributed by atoms with Gasteiger partial charge in [-0.3, -0.25) is 0 Å². The third-order valence-corrected chi connectivity index (χ3v) is 1.36. The number of rotatable bonds is 0. The Bertz CT molecular complexity index is 285. The fraction of sp³-hybridized carbons (Fsp3) is 0.143.